The Hall–Kier alpha value is -3.09. The maximum Gasteiger partial charge on any atom is 0.471 e. The third-order valence-electron chi connectivity index (χ3n) is 3.00. The van der Waals surface area contributed by atoms with E-state index in [1.165, 1.54) is 20.3 Å². The molecule has 2 N–H and O–H groups in total. The number of methoxy groups -OCH3 is 2. The standard InChI is InChI=1S/C14H13F3N4O5S/c1-25-10-7-11(26-2)20-13(19-10)21-27(23,24)9-5-3-8(4-6-9)18-12(22)14(15,16)17/h3-7H,1-2H3,(H,18,22)(H,19,20,21). The number of hydrogen-bond donors (Lipinski definition) is 2. The number of carbonyl (C=O) groups excluding carboxylic acids is 1. The van der Waals surface area contributed by atoms with Crippen LogP contribution in [0.1, 0.15) is 0 Å². The van der Waals surface area contributed by atoms with E-state index in [0.29, 0.717) is 0 Å². The van der Waals surface area contributed by atoms with Crippen LogP contribution >= 0.6 is 0 Å². The second-order valence-corrected chi connectivity index (χ2v) is 6.54. The zero-order valence-electron chi connectivity index (χ0n) is 13.9. The Morgan fingerprint density at radius 1 is 1.04 bits per heavy atom. The number of halogens is 3. The van der Waals surface area contributed by atoms with Gasteiger partial charge in [0.05, 0.1) is 25.2 Å². The second kappa shape index (κ2) is 7.65. The quantitative estimate of drug-likeness (QED) is 0.751. The highest BCUT2D eigenvalue weighted by Gasteiger charge is 2.38. The van der Waals surface area contributed by atoms with Crippen molar-refractivity contribution < 1.29 is 35.9 Å². The smallest absolute Gasteiger partial charge is 0.471 e. The molecule has 0 atom stereocenters. The number of alkyl halides is 3. The summed E-state index contributed by atoms with van der Waals surface area (Å²) in [6.07, 6.45) is -5.06. The average Bonchev–Trinajstić information content (AvgIpc) is 2.60. The van der Waals surface area contributed by atoms with E-state index in [9.17, 15) is 26.4 Å². The molecule has 1 amide bonds. The number of sulfonamides is 1. The van der Waals surface area contributed by atoms with Crippen molar-refractivity contribution in [2.24, 2.45) is 0 Å². The van der Waals surface area contributed by atoms with E-state index in [4.69, 9.17) is 9.47 Å². The lowest BCUT2D eigenvalue weighted by Gasteiger charge is -2.10. The van der Waals surface area contributed by atoms with Crippen molar-refractivity contribution in [2.45, 2.75) is 11.1 Å². The van der Waals surface area contributed by atoms with Gasteiger partial charge < -0.3 is 14.8 Å². The topological polar surface area (TPSA) is 120 Å². The Kier molecular flexibility index (Phi) is 5.73. The molecule has 0 saturated heterocycles. The highest BCUT2D eigenvalue weighted by atomic mass is 32.2. The molecular weight excluding hydrogens is 393 g/mol. The fourth-order valence-corrected chi connectivity index (χ4v) is 2.70. The first kappa shape index (κ1) is 20.2. The van der Waals surface area contributed by atoms with E-state index < -0.39 is 22.1 Å². The van der Waals surface area contributed by atoms with Gasteiger partial charge in [-0.25, -0.2) is 13.1 Å². The summed E-state index contributed by atoms with van der Waals surface area (Å²) in [6.45, 7) is 0. The van der Waals surface area contributed by atoms with Gasteiger partial charge in [0.25, 0.3) is 10.0 Å². The summed E-state index contributed by atoms with van der Waals surface area (Å²) in [4.78, 5) is 18.2. The minimum atomic E-state index is -5.06. The van der Waals surface area contributed by atoms with Crippen LogP contribution in [-0.2, 0) is 14.8 Å². The van der Waals surface area contributed by atoms with Crippen LogP contribution in [0.3, 0.4) is 0 Å². The lowest BCUT2D eigenvalue weighted by molar-refractivity contribution is -0.167. The highest BCUT2D eigenvalue weighted by molar-refractivity contribution is 7.92. The molecule has 2 aromatic rings. The Labute approximate surface area is 151 Å². The molecule has 1 aromatic carbocycles. The molecule has 13 heteroatoms. The number of aromatic nitrogens is 2. The number of carbonyl (C=O) groups is 1. The SMILES string of the molecule is COc1cc(OC)nc(NS(=O)(=O)c2ccc(NC(=O)C(F)(F)F)cc2)n1. The molecule has 0 aliphatic rings. The molecule has 0 aliphatic carbocycles. The van der Waals surface area contributed by atoms with E-state index in [1.807, 2.05) is 0 Å². The maximum atomic E-state index is 12.4. The van der Waals surface area contributed by atoms with Crippen LogP contribution in [0.2, 0.25) is 0 Å². The van der Waals surface area contributed by atoms with Gasteiger partial charge in [-0.15, -0.1) is 0 Å². The number of anilines is 2. The van der Waals surface area contributed by atoms with Crippen molar-refractivity contribution in [3.05, 3.63) is 30.3 Å². The summed E-state index contributed by atoms with van der Waals surface area (Å²) < 4.78 is 73.2. The predicted octanol–water partition coefficient (Wildman–Crippen LogP) is 1.80. The molecule has 1 aromatic heterocycles. The van der Waals surface area contributed by atoms with Gasteiger partial charge in [-0.05, 0) is 24.3 Å². The summed E-state index contributed by atoms with van der Waals surface area (Å²) >= 11 is 0. The number of nitrogens with one attached hydrogen (secondary N) is 2. The van der Waals surface area contributed by atoms with Crippen molar-refractivity contribution >= 4 is 27.6 Å². The van der Waals surface area contributed by atoms with E-state index in [2.05, 4.69) is 14.7 Å². The number of nitrogens with zero attached hydrogens (tertiary/aromatic N) is 2. The van der Waals surface area contributed by atoms with Crippen molar-refractivity contribution in [3.8, 4) is 11.8 Å². The fourth-order valence-electron chi connectivity index (χ4n) is 1.76. The van der Waals surface area contributed by atoms with E-state index >= 15 is 0 Å². The van der Waals surface area contributed by atoms with Crippen LogP contribution < -0.4 is 19.5 Å². The van der Waals surface area contributed by atoms with Crippen LogP contribution in [0.5, 0.6) is 11.8 Å². The van der Waals surface area contributed by atoms with Crippen molar-refractivity contribution in [1.29, 1.82) is 0 Å². The van der Waals surface area contributed by atoms with E-state index in [0.717, 1.165) is 24.3 Å². The Morgan fingerprint density at radius 3 is 2.00 bits per heavy atom. The monoisotopic (exact) mass is 406 g/mol. The zero-order chi connectivity index (χ0) is 20.2. The summed E-state index contributed by atoms with van der Waals surface area (Å²) in [5.74, 6) is -2.41. The first-order chi connectivity index (χ1) is 12.5. The van der Waals surface area contributed by atoms with Crippen LogP contribution in [0, 0.1) is 0 Å². The zero-order valence-corrected chi connectivity index (χ0v) is 14.7. The molecule has 0 radical (unpaired) electrons. The number of benzene rings is 1. The molecule has 9 nitrogen and oxygen atoms in total. The van der Waals surface area contributed by atoms with E-state index in [1.54, 1.807) is 5.32 Å². The molecule has 0 bridgehead atoms. The molecule has 27 heavy (non-hydrogen) atoms. The largest absolute Gasteiger partial charge is 0.481 e. The van der Waals surface area contributed by atoms with Crippen molar-refractivity contribution in [3.63, 3.8) is 0 Å². The predicted molar refractivity (Wildman–Crippen MR) is 87.1 cm³/mol. The van der Waals surface area contributed by atoms with Crippen molar-refractivity contribution in [2.75, 3.05) is 24.3 Å². The third kappa shape index (κ3) is 5.20. The molecular formula is C14H13F3N4O5S. The number of rotatable bonds is 6. The molecule has 0 saturated carbocycles. The summed E-state index contributed by atoms with van der Waals surface area (Å²) in [5, 5.41) is 1.60. The van der Waals surface area contributed by atoms with Gasteiger partial charge in [-0.2, -0.15) is 23.1 Å². The van der Waals surface area contributed by atoms with Gasteiger partial charge in [0.15, 0.2) is 0 Å². The van der Waals surface area contributed by atoms with Gasteiger partial charge >= 0.3 is 12.1 Å². The molecule has 0 unspecified atom stereocenters. The maximum absolute atomic E-state index is 12.4. The molecule has 0 fully saturated rings. The highest BCUT2D eigenvalue weighted by Crippen LogP contribution is 2.22. The Morgan fingerprint density at radius 2 is 1.56 bits per heavy atom. The lowest BCUT2D eigenvalue weighted by Crippen LogP contribution is -2.29. The molecule has 0 aliphatic heterocycles. The first-order valence-corrected chi connectivity index (χ1v) is 8.51. The van der Waals surface area contributed by atoms with Crippen molar-refractivity contribution in [1.82, 2.24) is 9.97 Å². The summed E-state index contributed by atoms with van der Waals surface area (Å²) in [6, 6.07) is 5.35. The summed E-state index contributed by atoms with van der Waals surface area (Å²) in [5.41, 5.74) is -0.226. The minimum Gasteiger partial charge on any atom is -0.481 e. The molecule has 2 rings (SSSR count). The first-order valence-electron chi connectivity index (χ1n) is 7.03. The van der Waals surface area contributed by atoms with Crippen LogP contribution in [0.15, 0.2) is 35.2 Å². The van der Waals surface area contributed by atoms with Crippen LogP contribution in [0.25, 0.3) is 0 Å². The van der Waals surface area contributed by atoms with Crippen LogP contribution in [0.4, 0.5) is 24.8 Å². The Bertz CT molecular complexity index is 911. The van der Waals surface area contributed by atoms with Crippen LogP contribution in [-0.4, -0.2) is 44.7 Å². The van der Waals surface area contributed by atoms with Gasteiger partial charge in [-0.1, -0.05) is 0 Å². The average molecular weight is 406 g/mol. The molecule has 1 heterocycles. The number of ether oxygens (including phenoxy) is 2. The molecule has 146 valence electrons. The van der Waals surface area contributed by atoms with E-state index in [-0.39, 0.29) is 28.3 Å². The summed E-state index contributed by atoms with van der Waals surface area (Å²) in [7, 11) is -1.53. The lowest BCUT2D eigenvalue weighted by atomic mass is 10.3. The number of amides is 1. The fraction of sp³-hybridized carbons (Fsp3) is 0.214. The second-order valence-electron chi connectivity index (χ2n) is 4.86. The third-order valence-corrected chi connectivity index (χ3v) is 4.35. The van der Waals surface area contributed by atoms with Gasteiger partial charge in [0.1, 0.15) is 0 Å². The Balaban J connectivity index is 2.21. The van der Waals surface area contributed by atoms with Gasteiger partial charge in [-0.3, -0.25) is 4.79 Å². The van der Waals surface area contributed by atoms with Gasteiger partial charge in [0.2, 0.25) is 17.7 Å². The minimum absolute atomic E-state index is 0.0461. The molecule has 0 spiro atoms. The van der Waals surface area contributed by atoms with Gasteiger partial charge in [0, 0.05) is 5.69 Å². The number of hydrogen-bond acceptors (Lipinski definition) is 7. The normalized spacial score (nSPS) is 11.6.